The molecule has 0 aromatic heterocycles. The van der Waals surface area contributed by atoms with Gasteiger partial charge in [-0.05, 0) is 44.1 Å². The van der Waals surface area contributed by atoms with Gasteiger partial charge in [-0.2, -0.15) is 0 Å². The molecule has 4 heteroatoms. The van der Waals surface area contributed by atoms with E-state index in [-0.39, 0.29) is 12.0 Å². The molecule has 2 aliphatic rings. The molecular formula is C13H24N2O2. The van der Waals surface area contributed by atoms with E-state index in [0.29, 0.717) is 11.8 Å². The fourth-order valence-corrected chi connectivity index (χ4v) is 2.87. The molecule has 2 N–H and O–H groups in total. The molecule has 2 aliphatic heterocycles. The molecule has 2 heterocycles. The molecule has 4 nitrogen and oxygen atoms in total. The molecule has 2 saturated heterocycles. The largest absolute Gasteiger partial charge is 0.368 e. The first-order valence-electron chi connectivity index (χ1n) is 6.83. The number of rotatable bonds is 3. The average molecular weight is 240 g/mol. The fraction of sp³-hybridized carbons (Fsp3) is 0.923. The summed E-state index contributed by atoms with van der Waals surface area (Å²) in [5.74, 6) is 1.30. The SMILES string of the molecule is CC1CCOC1C(=O)N1CCC(CCN)CC1. The first-order valence-corrected chi connectivity index (χ1v) is 6.83. The van der Waals surface area contributed by atoms with Gasteiger partial charge in [-0.25, -0.2) is 0 Å². The molecule has 0 aromatic rings. The molecule has 2 rings (SSSR count). The molecule has 0 radical (unpaired) electrons. The highest BCUT2D eigenvalue weighted by molar-refractivity contribution is 5.81. The van der Waals surface area contributed by atoms with E-state index < -0.39 is 0 Å². The highest BCUT2D eigenvalue weighted by Crippen LogP contribution is 2.25. The third-order valence-corrected chi connectivity index (χ3v) is 4.13. The number of likely N-dealkylation sites (tertiary alicyclic amines) is 1. The van der Waals surface area contributed by atoms with Crippen LogP contribution in [0.1, 0.15) is 32.6 Å². The molecule has 17 heavy (non-hydrogen) atoms. The molecule has 0 bridgehead atoms. The maximum Gasteiger partial charge on any atom is 0.251 e. The molecule has 98 valence electrons. The van der Waals surface area contributed by atoms with Gasteiger partial charge in [0.1, 0.15) is 6.10 Å². The number of hydrogen-bond acceptors (Lipinski definition) is 3. The van der Waals surface area contributed by atoms with Crippen molar-refractivity contribution < 1.29 is 9.53 Å². The zero-order valence-electron chi connectivity index (χ0n) is 10.7. The summed E-state index contributed by atoms with van der Waals surface area (Å²) < 4.78 is 5.54. The molecule has 0 saturated carbocycles. The van der Waals surface area contributed by atoms with Gasteiger partial charge >= 0.3 is 0 Å². The van der Waals surface area contributed by atoms with Crippen molar-refractivity contribution in [1.82, 2.24) is 4.90 Å². The van der Waals surface area contributed by atoms with Crippen LogP contribution in [0.5, 0.6) is 0 Å². The van der Waals surface area contributed by atoms with Crippen molar-refractivity contribution in [2.75, 3.05) is 26.2 Å². The van der Waals surface area contributed by atoms with E-state index in [1.54, 1.807) is 0 Å². The van der Waals surface area contributed by atoms with Crippen LogP contribution in [-0.4, -0.2) is 43.2 Å². The van der Waals surface area contributed by atoms with Crippen LogP contribution in [0.15, 0.2) is 0 Å². The Kier molecular flexibility index (Phi) is 4.40. The molecule has 0 aliphatic carbocycles. The molecular weight excluding hydrogens is 216 g/mol. The second-order valence-corrected chi connectivity index (χ2v) is 5.40. The Labute approximate surface area is 103 Å². The minimum Gasteiger partial charge on any atom is -0.368 e. The van der Waals surface area contributed by atoms with Gasteiger partial charge in [-0.1, -0.05) is 6.92 Å². The van der Waals surface area contributed by atoms with Crippen LogP contribution in [0.3, 0.4) is 0 Å². The second kappa shape index (κ2) is 5.83. The van der Waals surface area contributed by atoms with Crippen LogP contribution in [0, 0.1) is 11.8 Å². The van der Waals surface area contributed by atoms with Crippen molar-refractivity contribution in [1.29, 1.82) is 0 Å². The first kappa shape index (κ1) is 12.8. The summed E-state index contributed by atoms with van der Waals surface area (Å²) in [6.45, 7) is 5.38. The second-order valence-electron chi connectivity index (χ2n) is 5.40. The highest BCUT2D eigenvalue weighted by atomic mass is 16.5. The summed E-state index contributed by atoms with van der Waals surface area (Å²) in [6.07, 6.45) is 4.13. The summed E-state index contributed by atoms with van der Waals surface area (Å²) in [7, 11) is 0. The minimum absolute atomic E-state index is 0.180. The number of amides is 1. The lowest BCUT2D eigenvalue weighted by atomic mass is 9.93. The third kappa shape index (κ3) is 2.99. The number of carbonyl (C=O) groups excluding carboxylic acids is 1. The summed E-state index contributed by atoms with van der Waals surface area (Å²) in [5, 5.41) is 0. The van der Waals surface area contributed by atoms with E-state index in [1.165, 1.54) is 0 Å². The van der Waals surface area contributed by atoms with E-state index in [4.69, 9.17) is 10.5 Å². The zero-order chi connectivity index (χ0) is 12.3. The quantitative estimate of drug-likeness (QED) is 0.800. The van der Waals surface area contributed by atoms with Gasteiger partial charge < -0.3 is 15.4 Å². The minimum atomic E-state index is -0.180. The fourth-order valence-electron chi connectivity index (χ4n) is 2.87. The number of hydrogen-bond donors (Lipinski definition) is 1. The zero-order valence-corrected chi connectivity index (χ0v) is 10.7. The number of nitrogens with two attached hydrogens (primary N) is 1. The Morgan fingerprint density at radius 1 is 1.35 bits per heavy atom. The maximum atomic E-state index is 12.3. The first-order chi connectivity index (χ1) is 8.22. The van der Waals surface area contributed by atoms with E-state index in [9.17, 15) is 4.79 Å². The summed E-state index contributed by atoms with van der Waals surface area (Å²) in [6, 6.07) is 0. The van der Waals surface area contributed by atoms with Crippen LogP contribution in [0.2, 0.25) is 0 Å². The number of nitrogens with zero attached hydrogens (tertiary/aromatic N) is 1. The molecule has 2 atom stereocenters. The van der Waals surface area contributed by atoms with Gasteiger partial charge in [0.15, 0.2) is 0 Å². The smallest absolute Gasteiger partial charge is 0.251 e. The highest BCUT2D eigenvalue weighted by Gasteiger charge is 2.35. The van der Waals surface area contributed by atoms with E-state index >= 15 is 0 Å². The molecule has 2 fully saturated rings. The lowest BCUT2D eigenvalue weighted by Crippen LogP contribution is -2.45. The topological polar surface area (TPSA) is 55.6 Å². The van der Waals surface area contributed by atoms with Gasteiger partial charge in [-0.15, -0.1) is 0 Å². The maximum absolute atomic E-state index is 12.3. The van der Waals surface area contributed by atoms with E-state index in [1.807, 2.05) is 4.90 Å². The third-order valence-electron chi connectivity index (χ3n) is 4.13. The Morgan fingerprint density at radius 2 is 2.06 bits per heavy atom. The van der Waals surface area contributed by atoms with Crippen LogP contribution >= 0.6 is 0 Å². The number of piperidine rings is 1. The lowest BCUT2D eigenvalue weighted by Gasteiger charge is -2.33. The van der Waals surface area contributed by atoms with E-state index in [2.05, 4.69) is 6.92 Å². The molecule has 0 aromatic carbocycles. The molecule has 2 unspecified atom stereocenters. The van der Waals surface area contributed by atoms with Crippen molar-refractivity contribution in [3.05, 3.63) is 0 Å². The van der Waals surface area contributed by atoms with Crippen molar-refractivity contribution >= 4 is 5.91 Å². The van der Waals surface area contributed by atoms with Crippen LogP contribution in [-0.2, 0) is 9.53 Å². The Bertz CT molecular complexity index is 262. The van der Waals surface area contributed by atoms with Crippen molar-refractivity contribution in [3.63, 3.8) is 0 Å². The van der Waals surface area contributed by atoms with Gasteiger partial charge in [0.2, 0.25) is 0 Å². The van der Waals surface area contributed by atoms with Gasteiger partial charge in [0.25, 0.3) is 5.91 Å². The predicted molar refractivity (Wildman–Crippen MR) is 66.5 cm³/mol. The Hall–Kier alpha value is -0.610. The van der Waals surface area contributed by atoms with Gasteiger partial charge in [0, 0.05) is 19.7 Å². The number of carbonyl (C=O) groups is 1. The summed E-state index contributed by atoms with van der Waals surface area (Å²) in [5.41, 5.74) is 5.57. The van der Waals surface area contributed by atoms with Crippen LogP contribution < -0.4 is 5.73 Å². The summed E-state index contributed by atoms with van der Waals surface area (Å²) in [4.78, 5) is 14.2. The van der Waals surface area contributed by atoms with Gasteiger partial charge in [-0.3, -0.25) is 4.79 Å². The van der Waals surface area contributed by atoms with Crippen molar-refractivity contribution in [2.45, 2.75) is 38.7 Å². The normalized spacial score (nSPS) is 30.8. The summed E-state index contributed by atoms with van der Waals surface area (Å²) >= 11 is 0. The molecule has 1 amide bonds. The van der Waals surface area contributed by atoms with Crippen LogP contribution in [0.4, 0.5) is 0 Å². The predicted octanol–water partition coefficient (Wildman–Crippen LogP) is 0.999. The number of ether oxygens (including phenoxy) is 1. The average Bonchev–Trinajstić information content (AvgIpc) is 2.76. The van der Waals surface area contributed by atoms with E-state index in [0.717, 1.165) is 51.9 Å². The van der Waals surface area contributed by atoms with Gasteiger partial charge in [0.05, 0.1) is 0 Å². The lowest BCUT2D eigenvalue weighted by molar-refractivity contribution is -0.143. The standard InChI is InChI=1S/C13H24N2O2/c1-10-5-9-17-12(10)13(16)15-7-3-11(2-6-14)4-8-15/h10-12H,2-9,14H2,1H3. The molecule has 0 spiro atoms. The van der Waals surface area contributed by atoms with Crippen molar-refractivity contribution in [3.8, 4) is 0 Å². The van der Waals surface area contributed by atoms with Crippen LogP contribution in [0.25, 0.3) is 0 Å². The Balaban J connectivity index is 1.82. The van der Waals surface area contributed by atoms with Crippen molar-refractivity contribution in [2.24, 2.45) is 17.6 Å². The Morgan fingerprint density at radius 3 is 2.59 bits per heavy atom. The monoisotopic (exact) mass is 240 g/mol.